The second kappa shape index (κ2) is 12.2. The van der Waals surface area contributed by atoms with Gasteiger partial charge >= 0.3 is 0 Å². The van der Waals surface area contributed by atoms with Gasteiger partial charge < -0.3 is 10.6 Å². The van der Waals surface area contributed by atoms with Crippen LogP contribution in [0.25, 0.3) is 0 Å². The van der Waals surface area contributed by atoms with Crippen molar-refractivity contribution in [1.29, 1.82) is 0 Å². The summed E-state index contributed by atoms with van der Waals surface area (Å²) in [6.45, 7) is 1.95. The highest BCUT2D eigenvalue weighted by atomic mass is 31.1. The average Bonchev–Trinajstić information content (AvgIpc) is 2.96. The number of rotatable bonds is 7. The van der Waals surface area contributed by atoms with Crippen LogP contribution in [0.5, 0.6) is 0 Å². The van der Waals surface area contributed by atoms with E-state index in [0.717, 1.165) is 36.6 Å². The van der Waals surface area contributed by atoms with Crippen molar-refractivity contribution in [2.24, 2.45) is 0 Å². The van der Waals surface area contributed by atoms with Gasteiger partial charge in [-0.1, -0.05) is 110 Å². The quantitative estimate of drug-likeness (QED) is 0.328. The Hall–Kier alpha value is -3.75. The molecule has 0 radical (unpaired) electrons. The van der Waals surface area contributed by atoms with Crippen LogP contribution in [-0.4, -0.2) is 23.9 Å². The zero-order valence-electron chi connectivity index (χ0n) is 21.6. The highest BCUT2D eigenvalue weighted by Gasteiger charge is 2.30. The molecule has 1 fully saturated rings. The molecule has 4 aromatic carbocycles. The summed E-state index contributed by atoms with van der Waals surface area (Å²) in [7, 11) is -0.912. The lowest BCUT2D eigenvalue weighted by Gasteiger charge is -2.33. The molecule has 4 nitrogen and oxygen atoms in total. The van der Waals surface area contributed by atoms with Crippen molar-refractivity contribution in [3.05, 3.63) is 126 Å². The average molecular weight is 521 g/mol. The molecule has 0 bridgehead atoms. The molecule has 5 rings (SSSR count). The van der Waals surface area contributed by atoms with Gasteiger partial charge in [-0.2, -0.15) is 0 Å². The number of nitrogens with one attached hydrogen (secondary N) is 2. The van der Waals surface area contributed by atoms with E-state index in [9.17, 15) is 9.59 Å². The van der Waals surface area contributed by atoms with Crippen molar-refractivity contribution < 1.29 is 9.59 Å². The maximum Gasteiger partial charge on any atom is 0.252 e. The van der Waals surface area contributed by atoms with Gasteiger partial charge in [0.05, 0.1) is 0 Å². The van der Waals surface area contributed by atoms with E-state index in [0.29, 0.717) is 11.1 Å². The first kappa shape index (κ1) is 25.9. The van der Waals surface area contributed by atoms with Gasteiger partial charge in [-0.3, -0.25) is 9.59 Å². The lowest BCUT2D eigenvalue weighted by Crippen LogP contribution is -2.53. The topological polar surface area (TPSA) is 58.2 Å². The van der Waals surface area contributed by atoms with Crippen LogP contribution < -0.4 is 26.5 Å². The Morgan fingerprint density at radius 2 is 1.05 bits per heavy atom. The summed E-state index contributed by atoms with van der Waals surface area (Å²) >= 11 is 0. The molecule has 1 aliphatic rings. The number of aryl methyl sites for hydroxylation is 1. The minimum atomic E-state index is -0.912. The first-order valence-electron chi connectivity index (χ1n) is 13.3. The Morgan fingerprint density at radius 3 is 1.61 bits per heavy atom. The molecule has 0 saturated heterocycles. The predicted molar refractivity (Wildman–Crippen MR) is 157 cm³/mol. The zero-order valence-corrected chi connectivity index (χ0v) is 22.5. The molecule has 1 saturated carbocycles. The molecule has 0 spiro atoms. The lowest BCUT2D eigenvalue weighted by molar-refractivity contribution is 0.0863. The molecule has 192 valence electrons. The summed E-state index contributed by atoms with van der Waals surface area (Å²) < 4.78 is 0. The van der Waals surface area contributed by atoms with E-state index in [1.54, 1.807) is 0 Å². The van der Waals surface area contributed by atoms with Crippen molar-refractivity contribution in [1.82, 2.24) is 10.6 Å². The van der Waals surface area contributed by atoms with Gasteiger partial charge in [0.1, 0.15) is 0 Å². The Balaban J connectivity index is 1.41. The van der Waals surface area contributed by atoms with Crippen molar-refractivity contribution in [3.8, 4) is 0 Å². The molecule has 5 heteroatoms. The number of carbonyl (C=O) groups excluding carboxylic acids is 2. The summed E-state index contributed by atoms with van der Waals surface area (Å²) in [5.41, 5.74) is 2.33. The van der Waals surface area contributed by atoms with E-state index >= 15 is 0 Å². The van der Waals surface area contributed by atoms with Crippen molar-refractivity contribution in [2.45, 2.75) is 44.7 Å². The molecule has 1 aliphatic carbocycles. The standard InChI is InChI=1S/C33H33N2O2P/c1-24-14-8-9-19-27(24)32(36)34-29-21-11-12-22-30(29)35-33(37)28-20-10-13-23-31(28)38(25-15-4-2-5-16-25)26-17-6-3-7-18-26/h2-10,13-20,23,29-30H,11-12,21-22H2,1H3,(H,34,36)(H,35,37)/t29-,30?/m1/s1. The largest absolute Gasteiger partial charge is 0.347 e. The van der Waals surface area contributed by atoms with Crippen molar-refractivity contribution >= 4 is 35.6 Å². The maximum absolute atomic E-state index is 13.8. The molecular formula is C33H33N2O2P. The van der Waals surface area contributed by atoms with Gasteiger partial charge in [0.25, 0.3) is 11.8 Å². The Labute approximate surface area is 226 Å². The van der Waals surface area contributed by atoms with E-state index in [2.05, 4.69) is 65.2 Å². The maximum atomic E-state index is 13.8. The second-order valence-corrected chi connectivity index (χ2v) is 12.0. The molecule has 0 aromatic heterocycles. The van der Waals surface area contributed by atoms with E-state index in [1.807, 2.05) is 61.5 Å². The fourth-order valence-electron chi connectivity index (χ4n) is 5.24. The molecule has 38 heavy (non-hydrogen) atoms. The highest BCUT2D eigenvalue weighted by Crippen LogP contribution is 2.34. The van der Waals surface area contributed by atoms with Crippen molar-refractivity contribution in [3.63, 3.8) is 0 Å². The summed E-state index contributed by atoms with van der Waals surface area (Å²) in [6.07, 6.45) is 3.77. The van der Waals surface area contributed by atoms with Crippen LogP contribution in [0.3, 0.4) is 0 Å². The SMILES string of the molecule is Cc1ccccc1C(=O)N[C@@H]1CCCCC1NC(=O)c1ccccc1P(c1ccccc1)c1ccccc1. The lowest BCUT2D eigenvalue weighted by atomic mass is 9.89. The fourth-order valence-corrected chi connectivity index (χ4v) is 7.69. The van der Waals surface area contributed by atoms with Crippen molar-refractivity contribution in [2.75, 3.05) is 0 Å². The molecular weight excluding hydrogens is 487 g/mol. The van der Waals surface area contributed by atoms with E-state index in [1.165, 1.54) is 10.6 Å². The summed E-state index contributed by atoms with van der Waals surface area (Å²) in [6, 6.07) is 36.2. The summed E-state index contributed by atoms with van der Waals surface area (Å²) in [5.74, 6) is -0.159. The summed E-state index contributed by atoms with van der Waals surface area (Å²) in [5, 5.41) is 9.98. The highest BCUT2D eigenvalue weighted by molar-refractivity contribution is 7.80. The third-order valence-corrected chi connectivity index (χ3v) is 9.71. The van der Waals surface area contributed by atoms with Crippen LogP contribution in [0, 0.1) is 6.92 Å². The first-order chi connectivity index (χ1) is 18.6. The van der Waals surface area contributed by atoms with E-state index in [4.69, 9.17) is 0 Å². The number of hydrogen-bond acceptors (Lipinski definition) is 2. The van der Waals surface area contributed by atoms with Crippen LogP contribution in [-0.2, 0) is 0 Å². The number of carbonyl (C=O) groups is 2. The number of benzene rings is 4. The predicted octanol–water partition coefficient (Wildman–Crippen LogP) is 5.22. The minimum absolute atomic E-state index is 0.0775. The molecule has 2 amide bonds. The minimum Gasteiger partial charge on any atom is -0.347 e. The van der Waals surface area contributed by atoms with Crippen LogP contribution >= 0.6 is 7.92 Å². The second-order valence-electron chi connectivity index (χ2n) is 9.78. The van der Waals surface area contributed by atoms with Gasteiger partial charge in [0.2, 0.25) is 0 Å². The third-order valence-electron chi connectivity index (χ3n) is 7.21. The molecule has 2 N–H and O–H groups in total. The van der Waals surface area contributed by atoms with E-state index < -0.39 is 7.92 Å². The zero-order chi connectivity index (χ0) is 26.3. The smallest absolute Gasteiger partial charge is 0.252 e. The van der Waals surface area contributed by atoms with Crippen LogP contribution in [0.1, 0.15) is 52.0 Å². The Kier molecular flexibility index (Phi) is 8.31. The monoisotopic (exact) mass is 520 g/mol. The fraction of sp³-hybridized carbons (Fsp3) is 0.212. The third kappa shape index (κ3) is 5.87. The van der Waals surface area contributed by atoms with Gasteiger partial charge in [-0.05, 0) is 61.3 Å². The van der Waals surface area contributed by atoms with E-state index in [-0.39, 0.29) is 23.9 Å². The van der Waals surface area contributed by atoms with Gasteiger partial charge in [0.15, 0.2) is 0 Å². The van der Waals surface area contributed by atoms with Gasteiger partial charge in [-0.15, -0.1) is 0 Å². The molecule has 4 aromatic rings. The van der Waals surface area contributed by atoms with Crippen LogP contribution in [0.4, 0.5) is 0 Å². The summed E-state index contributed by atoms with van der Waals surface area (Å²) in [4.78, 5) is 26.9. The van der Waals surface area contributed by atoms with Gasteiger partial charge in [-0.25, -0.2) is 0 Å². The molecule has 0 aliphatic heterocycles. The Bertz CT molecular complexity index is 1350. The molecule has 0 heterocycles. The molecule has 2 atom stereocenters. The normalized spacial score (nSPS) is 17.1. The number of amides is 2. The first-order valence-corrected chi connectivity index (χ1v) is 14.6. The molecule has 1 unspecified atom stereocenters. The van der Waals surface area contributed by atoms with Gasteiger partial charge in [0, 0.05) is 23.2 Å². The Morgan fingerprint density at radius 1 is 0.605 bits per heavy atom. The number of hydrogen-bond donors (Lipinski definition) is 2. The van der Waals surface area contributed by atoms with Crippen LogP contribution in [0.2, 0.25) is 0 Å². The van der Waals surface area contributed by atoms with Crippen LogP contribution in [0.15, 0.2) is 109 Å².